The van der Waals surface area contributed by atoms with E-state index in [2.05, 4.69) is 35.2 Å². The van der Waals surface area contributed by atoms with Crippen LogP contribution in [0.15, 0.2) is 35.7 Å². The van der Waals surface area contributed by atoms with Crippen molar-refractivity contribution in [1.82, 2.24) is 14.9 Å². The second-order valence-corrected chi connectivity index (χ2v) is 10.2. The molecule has 0 bridgehead atoms. The van der Waals surface area contributed by atoms with Gasteiger partial charge in [0.05, 0.1) is 29.6 Å². The number of carbonyl (C=O) groups is 2. The van der Waals surface area contributed by atoms with Crippen molar-refractivity contribution < 1.29 is 19.8 Å². The van der Waals surface area contributed by atoms with Gasteiger partial charge in [-0.2, -0.15) is 0 Å². The number of aromatic nitrogens is 2. The summed E-state index contributed by atoms with van der Waals surface area (Å²) in [6.07, 6.45) is 1.63. The fourth-order valence-electron chi connectivity index (χ4n) is 4.44. The summed E-state index contributed by atoms with van der Waals surface area (Å²) in [5, 5.41) is 24.3. The lowest BCUT2D eigenvalue weighted by molar-refractivity contribution is -0.139. The largest absolute Gasteiger partial charge is 0.481 e. The average Bonchev–Trinajstić information content (AvgIpc) is 3.41. The van der Waals surface area contributed by atoms with E-state index in [0.717, 1.165) is 36.1 Å². The van der Waals surface area contributed by atoms with Crippen molar-refractivity contribution in [1.29, 1.82) is 0 Å². The molecule has 3 rings (SSSR count). The van der Waals surface area contributed by atoms with E-state index in [1.807, 2.05) is 26.0 Å². The molecule has 2 heterocycles. The molecule has 7 nitrogen and oxygen atoms in total. The van der Waals surface area contributed by atoms with Crippen LogP contribution >= 0.6 is 11.3 Å². The Balaban J connectivity index is 1.92. The molecule has 0 aliphatic heterocycles. The summed E-state index contributed by atoms with van der Waals surface area (Å²) < 4.78 is 2.30. The minimum atomic E-state index is -1.15. The Labute approximate surface area is 204 Å². The Hall–Kier alpha value is -2.71. The van der Waals surface area contributed by atoms with Gasteiger partial charge >= 0.3 is 5.97 Å². The molecule has 0 aliphatic carbocycles. The highest BCUT2D eigenvalue weighted by atomic mass is 32.1. The lowest BCUT2D eigenvalue weighted by atomic mass is 9.97. The number of thiophene rings is 1. The summed E-state index contributed by atoms with van der Waals surface area (Å²) in [6, 6.07) is 9.34. The first-order valence-corrected chi connectivity index (χ1v) is 12.8. The molecular weight excluding hydrogens is 450 g/mol. The summed E-state index contributed by atoms with van der Waals surface area (Å²) in [4.78, 5) is 30.3. The zero-order valence-corrected chi connectivity index (χ0v) is 21.1. The second-order valence-electron chi connectivity index (χ2n) is 9.20. The first-order chi connectivity index (χ1) is 16.2. The van der Waals surface area contributed by atoms with Crippen LogP contribution in [0.4, 0.5) is 0 Å². The van der Waals surface area contributed by atoms with Crippen molar-refractivity contribution >= 4 is 34.2 Å². The SMILES string of the molecule is CCC(CC)n1c(Cc2cccs2)nc2cc(C(=O)NC(CC(C)C)C(O)CC(=O)O)ccc21. The molecule has 1 aromatic carbocycles. The van der Waals surface area contributed by atoms with Crippen molar-refractivity contribution in [2.45, 2.75) is 78.0 Å². The van der Waals surface area contributed by atoms with Crippen LogP contribution in [0.5, 0.6) is 0 Å². The number of carboxylic acid groups (broad SMARTS) is 1. The highest BCUT2D eigenvalue weighted by Gasteiger charge is 2.26. The Bertz CT molecular complexity index is 1100. The summed E-state index contributed by atoms with van der Waals surface area (Å²) in [5.74, 6) is -0.263. The van der Waals surface area contributed by atoms with E-state index in [1.54, 1.807) is 23.5 Å². The number of aliphatic hydroxyl groups is 1. The summed E-state index contributed by atoms with van der Waals surface area (Å²) >= 11 is 1.71. The smallest absolute Gasteiger partial charge is 0.306 e. The second kappa shape index (κ2) is 11.6. The van der Waals surface area contributed by atoms with E-state index in [0.29, 0.717) is 18.0 Å². The molecule has 8 heteroatoms. The van der Waals surface area contributed by atoms with Crippen molar-refractivity contribution in [3.63, 3.8) is 0 Å². The molecule has 1 amide bonds. The van der Waals surface area contributed by atoms with Gasteiger partial charge < -0.3 is 20.1 Å². The maximum atomic E-state index is 13.1. The maximum absolute atomic E-state index is 13.1. The number of carboxylic acids is 1. The van der Waals surface area contributed by atoms with Crippen molar-refractivity contribution in [2.75, 3.05) is 0 Å². The maximum Gasteiger partial charge on any atom is 0.306 e. The van der Waals surface area contributed by atoms with Gasteiger partial charge in [-0.1, -0.05) is 33.8 Å². The number of nitrogens with zero attached hydrogens (tertiary/aromatic N) is 2. The molecule has 0 radical (unpaired) electrons. The van der Waals surface area contributed by atoms with Crippen LogP contribution in [0.25, 0.3) is 11.0 Å². The zero-order chi connectivity index (χ0) is 24.8. The number of imidazole rings is 1. The molecule has 3 N–H and O–H groups in total. The van der Waals surface area contributed by atoms with Gasteiger partial charge in [-0.25, -0.2) is 4.98 Å². The van der Waals surface area contributed by atoms with Crippen molar-refractivity contribution in [2.24, 2.45) is 5.92 Å². The molecule has 0 fully saturated rings. The Kier molecular flexibility index (Phi) is 8.85. The lowest BCUT2D eigenvalue weighted by Crippen LogP contribution is -2.45. The number of aliphatic hydroxyl groups excluding tert-OH is 1. The molecular formula is C26H35N3O4S. The van der Waals surface area contributed by atoms with Crippen LogP contribution in [0.1, 0.15) is 80.5 Å². The number of rotatable bonds is 12. The first-order valence-electron chi connectivity index (χ1n) is 12.0. The molecule has 0 spiro atoms. The predicted octanol–water partition coefficient (Wildman–Crippen LogP) is 5.03. The van der Waals surface area contributed by atoms with Crippen LogP contribution in [-0.2, 0) is 11.2 Å². The van der Waals surface area contributed by atoms with Gasteiger partial charge in [0.1, 0.15) is 5.82 Å². The molecule has 2 aromatic heterocycles. The minimum Gasteiger partial charge on any atom is -0.481 e. The molecule has 2 unspecified atom stereocenters. The number of aliphatic carboxylic acids is 1. The monoisotopic (exact) mass is 485 g/mol. The standard InChI is InChI=1S/C26H35N3O4S/c1-5-18(6-2)29-22-10-9-17(13-20(22)27-24(29)14-19-8-7-11-34-19)26(33)28-21(12-16(3)4)23(30)15-25(31)32/h7-11,13,16,18,21,23,30H,5-6,12,14-15H2,1-4H3,(H,28,33)(H,31,32). The van der Waals surface area contributed by atoms with E-state index in [1.165, 1.54) is 4.88 Å². The predicted molar refractivity (Wildman–Crippen MR) is 135 cm³/mol. The third-order valence-corrected chi connectivity index (χ3v) is 7.01. The number of carbonyl (C=O) groups excluding carboxylic acids is 1. The third-order valence-electron chi connectivity index (χ3n) is 6.13. The fourth-order valence-corrected chi connectivity index (χ4v) is 5.14. The first kappa shape index (κ1) is 25.9. The molecule has 0 aliphatic rings. The third kappa shape index (κ3) is 6.24. The van der Waals surface area contributed by atoms with Gasteiger partial charge in [-0.15, -0.1) is 11.3 Å². The van der Waals surface area contributed by atoms with Crippen LogP contribution in [0, 0.1) is 5.92 Å². The van der Waals surface area contributed by atoms with E-state index in [4.69, 9.17) is 10.1 Å². The Morgan fingerprint density at radius 2 is 1.91 bits per heavy atom. The van der Waals surface area contributed by atoms with Gasteiger partial charge in [-0.3, -0.25) is 9.59 Å². The summed E-state index contributed by atoms with van der Waals surface area (Å²) in [6.45, 7) is 8.29. The zero-order valence-electron chi connectivity index (χ0n) is 20.3. The number of fused-ring (bicyclic) bond motifs is 1. The van der Waals surface area contributed by atoms with Gasteiger partial charge in [-0.05, 0) is 54.8 Å². The average molecular weight is 486 g/mol. The van der Waals surface area contributed by atoms with Gasteiger partial charge in [0.2, 0.25) is 0 Å². The lowest BCUT2D eigenvalue weighted by Gasteiger charge is -2.25. The van der Waals surface area contributed by atoms with Gasteiger partial charge in [0.15, 0.2) is 0 Å². The number of nitrogens with one attached hydrogen (secondary N) is 1. The molecule has 0 saturated heterocycles. The molecule has 184 valence electrons. The number of hydrogen-bond donors (Lipinski definition) is 3. The van der Waals surface area contributed by atoms with E-state index in [9.17, 15) is 14.7 Å². The van der Waals surface area contributed by atoms with Crippen LogP contribution in [0.2, 0.25) is 0 Å². The minimum absolute atomic E-state index is 0.187. The quantitative estimate of drug-likeness (QED) is 0.334. The number of hydrogen-bond acceptors (Lipinski definition) is 5. The number of amides is 1. The Morgan fingerprint density at radius 3 is 2.50 bits per heavy atom. The molecule has 2 atom stereocenters. The van der Waals surface area contributed by atoms with Crippen LogP contribution in [-0.4, -0.2) is 43.8 Å². The van der Waals surface area contributed by atoms with Gasteiger partial charge in [0.25, 0.3) is 5.91 Å². The topological polar surface area (TPSA) is 104 Å². The highest BCUT2D eigenvalue weighted by Crippen LogP contribution is 2.28. The Morgan fingerprint density at radius 1 is 1.18 bits per heavy atom. The van der Waals surface area contributed by atoms with Crippen LogP contribution in [0.3, 0.4) is 0 Å². The normalized spacial score (nSPS) is 13.5. The summed E-state index contributed by atoms with van der Waals surface area (Å²) in [5.41, 5.74) is 2.21. The van der Waals surface area contributed by atoms with E-state index in [-0.39, 0.29) is 11.8 Å². The number of benzene rings is 1. The molecule has 0 saturated carbocycles. The van der Waals surface area contributed by atoms with Crippen molar-refractivity contribution in [3.8, 4) is 0 Å². The fraction of sp³-hybridized carbons (Fsp3) is 0.500. The van der Waals surface area contributed by atoms with Crippen LogP contribution < -0.4 is 5.32 Å². The van der Waals surface area contributed by atoms with E-state index >= 15 is 0 Å². The van der Waals surface area contributed by atoms with E-state index < -0.39 is 24.5 Å². The summed E-state index contributed by atoms with van der Waals surface area (Å²) in [7, 11) is 0. The molecule has 3 aromatic rings. The highest BCUT2D eigenvalue weighted by molar-refractivity contribution is 7.09. The molecule has 34 heavy (non-hydrogen) atoms. The van der Waals surface area contributed by atoms with Crippen molar-refractivity contribution in [3.05, 3.63) is 52.0 Å². The van der Waals surface area contributed by atoms with Gasteiger partial charge in [0, 0.05) is 22.9 Å².